The van der Waals surface area contributed by atoms with Crippen molar-refractivity contribution in [1.29, 1.82) is 0 Å². The van der Waals surface area contributed by atoms with E-state index < -0.39 is 11.6 Å². The molecule has 0 spiro atoms. The molecule has 0 aromatic heterocycles. The van der Waals surface area contributed by atoms with Crippen LogP contribution in [0.25, 0.3) is 0 Å². The Labute approximate surface area is 98.5 Å². The Morgan fingerprint density at radius 2 is 2.19 bits per heavy atom. The number of aliphatic carboxylic acids is 1. The van der Waals surface area contributed by atoms with E-state index in [1.807, 2.05) is 19.1 Å². The molecule has 0 radical (unpaired) electrons. The van der Waals surface area contributed by atoms with Crippen LogP contribution >= 0.6 is 11.8 Å². The van der Waals surface area contributed by atoms with Crippen LogP contribution in [0.15, 0.2) is 23.1 Å². The molecule has 1 atom stereocenters. The molecule has 88 valence electrons. The second kappa shape index (κ2) is 4.76. The molecule has 0 fully saturated rings. The summed E-state index contributed by atoms with van der Waals surface area (Å²) in [7, 11) is 0. The van der Waals surface area contributed by atoms with Gasteiger partial charge in [0, 0.05) is 16.3 Å². The van der Waals surface area contributed by atoms with Crippen molar-refractivity contribution in [3.8, 4) is 0 Å². The number of anilines is 1. The Morgan fingerprint density at radius 3 is 2.69 bits per heavy atom. The van der Waals surface area contributed by atoms with Crippen LogP contribution in [0, 0.1) is 6.92 Å². The van der Waals surface area contributed by atoms with Crippen LogP contribution < -0.4 is 5.73 Å². The molecule has 4 nitrogen and oxygen atoms in total. The fourth-order valence-electron chi connectivity index (χ4n) is 1.11. The molecule has 0 aliphatic carbocycles. The lowest BCUT2D eigenvalue weighted by molar-refractivity contribution is -0.154. The summed E-state index contributed by atoms with van der Waals surface area (Å²) < 4.78 is 0. The van der Waals surface area contributed by atoms with Gasteiger partial charge in [0.05, 0.1) is 0 Å². The number of thioether (sulfide) groups is 1. The molecule has 1 aromatic carbocycles. The first-order valence-electron chi connectivity index (χ1n) is 4.77. The molecule has 1 aromatic rings. The Hall–Kier alpha value is -1.20. The molecule has 0 saturated heterocycles. The topological polar surface area (TPSA) is 83.5 Å². The number of nitrogens with two attached hydrogens (primary N) is 1. The second-order valence-corrected chi connectivity index (χ2v) is 4.91. The van der Waals surface area contributed by atoms with Crippen molar-refractivity contribution in [3.05, 3.63) is 23.8 Å². The van der Waals surface area contributed by atoms with E-state index in [1.54, 1.807) is 6.07 Å². The van der Waals surface area contributed by atoms with Gasteiger partial charge in [-0.05, 0) is 37.6 Å². The minimum Gasteiger partial charge on any atom is -0.479 e. The molecule has 16 heavy (non-hydrogen) atoms. The lowest BCUT2D eigenvalue weighted by Crippen LogP contribution is -2.37. The van der Waals surface area contributed by atoms with Gasteiger partial charge in [0.1, 0.15) is 0 Å². The normalized spacial score (nSPS) is 14.4. The zero-order valence-corrected chi connectivity index (χ0v) is 10.0. The van der Waals surface area contributed by atoms with Crippen LogP contribution in [-0.2, 0) is 4.79 Å². The van der Waals surface area contributed by atoms with Gasteiger partial charge in [0.25, 0.3) is 0 Å². The number of hydrogen-bond acceptors (Lipinski definition) is 4. The van der Waals surface area contributed by atoms with E-state index >= 15 is 0 Å². The first-order chi connectivity index (χ1) is 7.33. The predicted octanol–water partition coefficient (Wildman–Crippen LogP) is 1.50. The van der Waals surface area contributed by atoms with Crippen LogP contribution in [0.1, 0.15) is 12.5 Å². The van der Waals surface area contributed by atoms with Gasteiger partial charge >= 0.3 is 5.97 Å². The zero-order chi connectivity index (χ0) is 12.3. The first kappa shape index (κ1) is 12.9. The maximum atomic E-state index is 10.7. The molecule has 0 heterocycles. The maximum absolute atomic E-state index is 10.7. The van der Waals surface area contributed by atoms with Crippen molar-refractivity contribution in [1.82, 2.24) is 0 Å². The minimum atomic E-state index is -1.71. The molecule has 0 saturated carbocycles. The third-order valence-corrected chi connectivity index (χ3v) is 3.64. The second-order valence-electron chi connectivity index (χ2n) is 3.89. The number of carboxylic acids is 1. The standard InChI is InChI=1S/C11H15NO3S/c1-7-5-8(12)3-4-9(7)16-6-11(2,15)10(13)14/h3-5,15H,6,12H2,1-2H3,(H,13,14). The van der Waals surface area contributed by atoms with Gasteiger partial charge in [-0.1, -0.05) is 0 Å². The van der Waals surface area contributed by atoms with Crippen molar-refractivity contribution in [2.75, 3.05) is 11.5 Å². The first-order valence-corrected chi connectivity index (χ1v) is 5.76. The van der Waals surface area contributed by atoms with Crippen molar-refractivity contribution < 1.29 is 15.0 Å². The SMILES string of the molecule is Cc1cc(N)ccc1SCC(C)(O)C(=O)O. The van der Waals surface area contributed by atoms with E-state index in [-0.39, 0.29) is 5.75 Å². The Balaban J connectivity index is 2.72. The van der Waals surface area contributed by atoms with E-state index in [0.717, 1.165) is 10.5 Å². The van der Waals surface area contributed by atoms with Crippen molar-refractivity contribution in [3.63, 3.8) is 0 Å². The van der Waals surface area contributed by atoms with Gasteiger partial charge in [0.2, 0.25) is 0 Å². The number of aryl methyl sites for hydroxylation is 1. The maximum Gasteiger partial charge on any atom is 0.336 e. The third-order valence-electron chi connectivity index (χ3n) is 2.17. The number of rotatable bonds is 4. The fourth-order valence-corrected chi connectivity index (χ4v) is 2.13. The average molecular weight is 241 g/mol. The van der Waals surface area contributed by atoms with E-state index in [1.165, 1.54) is 18.7 Å². The third kappa shape index (κ3) is 3.15. The molecule has 0 amide bonds. The highest BCUT2D eigenvalue weighted by Crippen LogP contribution is 2.27. The number of benzene rings is 1. The largest absolute Gasteiger partial charge is 0.479 e. The smallest absolute Gasteiger partial charge is 0.336 e. The molecule has 0 aliphatic heterocycles. The number of nitrogen functional groups attached to an aromatic ring is 1. The molecular formula is C11H15NO3S. The van der Waals surface area contributed by atoms with Gasteiger partial charge in [-0.25, -0.2) is 4.79 Å². The fraction of sp³-hybridized carbons (Fsp3) is 0.364. The Kier molecular flexibility index (Phi) is 3.83. The highest BCUT2D eigenvalue weighted by molar-refractivity contribution is 7.99. The van der Waals surface area contributed by atoms with Gasteiger partial charge in [-0.3, -0.25) is 0 Å². The summed E-state index contributed by atoms with van der Waals surface area (Å²) in [5.41, 5.74) is 5.55. The van der Waals surface area contributed by atoms with Gasteiger partial charge < -0.3 is 15.9 Å². The van der Waals surface area contributed by atoms with E-state index in [9.17, 15) is 9.90 Å². The summed E-state index contributed by atoms with van der Waals surface area (Å²) in [6, 6.07) is 5.40. The highest BCUT2D eigenvalue weighted by Gasteiger charge is 2.29. The lowest BCUT2D eigenvalue weighted by Gasteiger charge is -2.17. The van der Waals surface area contributed by atoms with Gasteiger partial charge in [-0.2, -0.15) is 0 Å². The quantitative estimate of drug-likeness (QED) is 0.549. The summed E-state index contributed by atoms with van der Waals surface area (Å²) in [5, 5.41) is 18.3. The molecule has 4 N–H and O–H groups in total. The molecule has 1 unspecified atom stereocenters. The van der Waals surface area contributed by atoms with E-state index in [4.69, 9.17) is 10.8 Å². The van der Waals surface area contributed by atoms with E-state index in [0.29, 0.717) is 5.69 Å². The summed E-state index contributed by atoms with van der Waals surface area (Å²) in [5.74, 6) is -1.11. The lowest BCUT2D eigenvalue weighted by atomic mass is 10.1. The summed E-state index contributed by atoms with van der Waals surface area (Å²) in [6.45, 7) is 3.18. The van der Waals surface area contributed by atoms with Crippen LogP contribution in [0.2, 0.25) is 0 Å². The van der Waals surface area contributed by atoms with E-state index in [2.05, 4.69) is 0 Å². The molecule has 0 aliphatic rings. The number of aliphatic hydroxyl groups is 1. The van der Waals surface area contributed by atoms with Crippen molar-refractivity contribution in [2.45, 2.75) is 24.3 Å². The predicted molar refractivity (Wildman–Crippen MR) is 64.6 cm³/mol. The number of carboxylic acid groups (broad SMARTS) is 1. The molecule has 5 heteroatoms. The number of carbonyl (C=O) groups is 1. The summed E-state index contributed by atoms with van der Waals surface area (Å²) in [4.78, 5) is 11.6. The van der Waals surface area contributed by atoms with Crippen LogP contribution in [-0.4, -0.2) is 27.5 Å². The molecular weight excluding hydrogens is 226 g/mol. The van der Waals surface area contributed by atoms with Crippen LogP contribution in [0.5, 0.6) is 0 Å². The van der Waals surface area contributed by atoms with Gasteiger partial charge in [0.15, 0.2) is 5.60 Å². The average Bonchev–Trinajstić information content (AvgIpc) is 2.16. The summed E-state index contributed by atoms with van der Waals surface area (Å²) in [6.07, 6.45) is 0. The molecule has 1 rings (SSSR count). The molecule has 0 bridgehead atoms. The van der Waals surface area contributed by atoms with Crippen molar-refractivity contribution >= 4 is 23.4 Å². The summed E-state index contributed by atoms with van der Waals surface area (Å²) >= 11 is 1.30. The minimum absolute atomic E-state index is 0.104. The van der Waals surface area contributed by atoms with Gasteiger partial charge in [-0.15, -0.1) is 11.8 Å². The van der Waals surface area contributed by atoms with Crippen molar-refractivity contribution in [2.24, 2.45) is 0 Å². The monoisotopic (exact) mass is 241 g/mol. The highest BCUT2D eigenvalue weighted by atomic mass is 32.2. The Bertz CT molecular complexity index is 404. The zero-order valence-electron chi connectivity index (χ0n) is 9.23. The Morgan fingerprint density at radius 1 is 1.56 bits per heavy atom. The number of hydrogen-bond donors (Lipinski definition) is 3. The van der Waals surface area contributed by atoms with Crippen LogP contribution in [0.3, 0.4) is 0 Å². The van der Waals surface area contributed by atoms with Crippen LogP contribution in [0.4, 0.5) is 5.69 Å².